The summed E-state index contributed by atoms with van der Waals surface area (Å²) in [7, 11) is 0. The van der Waals surface area contributed by atoms with Gasteiger partial charge in [0.25, 0.3) is 5.91 Å². The van der Waals surface area contributed by atoms with Crippen molar-refractivity contribution in [3.8, 4) is 0 Å². The SMILES string of the molecule is O=C(Nc1nccs1)C1CCCN1C(=O)c1cc2ccccc2o1. The van der Waals surface area contributed by atoms with E-state index >= 15 is 0 Å². The highest BCUT2D eigenvalue weighted by Gasteiger charge is 2.36. The van der Waals surface area contributed by atoms with Crippen LogP contribution in [0.4, 0.5) is 5.13 Å². The first-order valence-corrected chi connectivity index (χ1v) is 8.60. The highest BCUT2D eigenvalue weighted by Crippen LogP contribution is 2.25. The number of carbonyl (C=O) groups is 2. The molecule has 2 aromatic heterocycles. The number of para-hydroxylation sites is 1. The fourth-order valence-electron chi connectivity index (χ4n) is 2.99. The lowest BCUT2D eigenvalue weighted by Gasteiger charge is -2.22. The Hall–Kier alpha value is -2.67. The van der Waals surface area contributed by atoms with E-state index in [9.17, 15) is 9.59 Å². The molecule has 1 aliphatic rings. The maximum absolute atomic E-state index is 12.8. The van der Waals surface area contributed by atoms with E-state index in [1.807, 2.05) is 24.3 Å². The number of furan rings is 1. The van der Waals surface area contributed by atoms with Gasteiger partial charge < -0.3 is 14.6 Å². The molecule has 0 bridgehead atoms. The maximum atomic E-state index is 12.8. The zero-order chi connectivity index (χ0) is 16.5. The molecule has 1 aliphatic heterocycles. The maximum Gasteiger partial charge on any atom is 0.290 e. The van der Waals surface area contributed by atoms with Gasteiger partial charge in [-0.1, -0.05) is 18.2 Å². The molecule has 122 valence electrons. The van der Waals surface area contributed by atoms with E-state index in [1.54, 1.807) is 22.5 Å². The number of amides is 2. The average Bonchev–Trinajstić information content (AvgIpc) is 3.33. The van der Waals surface area contributed by atoms with Crippen LogP contribution in [-0.2, 0) is 4.79 Å². The van der Waals surface area contributed by atoms with Gasteiger partial charge in [0.1, 0.15) is 11.6 Å². The first-order valence-electron chi connectivity index (χ1n) is 7.72. The summed E-state index contributed by atoms with van der Waals surface area (Å²) < 4.78 is 5.64. The van der Waals surface area contributed by atoms with Crippen LogP contribution < -0.4 is 5.32 Å². The van der Waals surface area contributed by atoms with E-state index < -0.39 is 6.04 Å². The van der Waals surface area contributed by atoms with Crippen LogP contribution in [0.2, 0.25) is 0 Å². The molecule has 3 aromatic rings. The van der Waals surface area contributed by atoms with E-state index in [0.29, 0.717) is 23.7 Å². The lowest BCUT2D eigenvalue weighted by Crippen LogP contribution is -2.43. The van der Waals surface area contributed by atoms with Gasteiger partial charge in [0.15, 0.2) is 10.9 Å². The van der Waals surface area contributed by atoms with Crippen LogP contribution in [-0.4, -0.2) is 34.3 Å². The smallest absolute Gasteiger partial charge is 0.290 e. The summed E-state index contributed by atoms with van der Waals surface area (Å²) >= 11 is 1.35. The van der Waals surface area contributed by atoms with E-state index in [0.717, 1.165) is 11.8 Å². The van der Waals surface area contributed by atoms with Gasteiger partial charge in [0.2, 0.25) is 5.91 Å². The van der Waals surface area contributed by atoms with Crippen molar-refractivity contribution in [1.82, 2.24) is 9.88 Å². The first-order chi connectivity index (χ1) is 11.7. The molecule has 0 radical (unpaired) electrons. The van der Waals surface area contributed by atoms with Gasteiger partial charge in [-0.15, -0.1) is 11.3 Å². The van der Waals surface area contributed by atoms with Gasteiger partial charge in [-0.3, -0.25) is 9.59 Å². The fourth-order valence-corrected chi connectivity index (χ4v) is 3.52. The summed E-state index contributed by atoms with van der Waals surface area (Å²) in [5.41, 5.74) is 0.670. The van der Waals surface area contributed by atoms with Crippen molar-refractivity contribution in [2.45, 2.75) is 18.9 Å². The van der Waals surface area contributed by atoms with Crippen LogP contribution in [0.5, 0.6) is 0 Å². The molecular weight excluding hydrogens is 326 g/mol. The number of hydrogen-bond acceptors (Lipinski definition) is 5. The highest BCUT2D eigenvalue weighted by atomic mass is 32.1. The summed E-state index contributed by atoms with van der Waals surface area (Å²) in [6.45, 7) is 0.547. The average molecular weight is 341 g/mol. The molecule has 1 aromatic carbocycles. The molecule has 4 rings (SSSR count). The zero-order valence-electron chi connectivity index (χ0n) is 12.8. The van der Waals surface area contributed by atoms with E-state index in [4.69, 9.17) is 4.42 Å². The molecule has 24 heavy (non-hydrogen) atoms. The number of fused-ring (bicyclic) bond motifs is 1. The van der Waals surface area contributed by atoms with Crippen molar-refractivity contribution >= 4 is 39.3 Å². The molecule has 0 aliphatic carbocycles. The predicted octanol–water partition coefficient (Wildman–Crippen LogP) is 3.13. The molecule has 0 spiro atoms. The van der Waals surface area contributed by atoms with Crippen LogP contribution in [0.25, 0.3) is 11.0 Å². The summed E-state index contributed by atoms with van der Waals surface area (Å²) in [6.07, 6.45) is 3.07. The number of aromatic nitrogens is 1. The van der Waals surface area contributed by atoms with Crippen LogP contribution in [0.1, 0.15) is 23.4 Å². The quantitative estimate of drug-likeness (QED) is 0.794. The predicted molar refractivity (Wildman–Crippen MR) is 91.0 cm³/mol. The lowest BCUT2D eigenvalue weighted by atomic mass is 10.2. The number of likely N-dealkylation sites (tertiary alicyclic amines) is 1. The van der Waals surface area contributed by atoms with Crippen molar-refractivity contribution in [2.24, 2.45) is 0 Å². The Bertz CT molecular complexity index is 855. The Balaban J connectivity index is 1.55. The molecule has 1 unspecified atom stereocenters. The normalized spacial score (nSPS) is 17.3. The van der Waals surface area contributed by atoms with E-state index in [2.05, 4.69) is 10.3 Å². The summed E-state index contributed by atoms with van der Waals surface area (Å²) in [5, 5.41) is 5.99. The van der Waals surface area contributed by atoms with Crippen LogP contribution in [0.3, 0.4) is 0 Å². The Morgan fingerprint density at radius 2 is 2.21 bits per heavy atom. The van der Waals surface area contributed by atoms with Crippen LogP contribution >= 0.6 is 11.3 Å². The Morgan fingerprint density at radius 3 is 3.00 bits per heavy atom. The number of hydrogen-bond donors (Lipinski definition) is 1. The molecule has 2 amide bonds. The van der Waals surface area contributed by atoms with Crippen LogP contribution in [0.15, 0.2) is 46.3 Å². The standard InChI is InChI=1S/C17H15N3O3S/c21-15(19-17-18-7-9-24-17)12-5-3-8-20(12)16(22)14-10-11-4-1-2-6-13(11)23-14/h1-2,4,6-7,9-10,12H,3,5,8H2,(H,18,19,21). The van der Waals surface area contributed by atoms with Crippen molar-refractivity contribution in [3.63, 3.8) is 0 Å². The second kappa shape index (κ2) is 6.09. The third-order valence-corrected chi connectivity index (χ3v) is 4.80. The summed E-state index contributed by atoms with van der Waals surface area (Å²) in [4.78, 5) is 30.9. The first kappa shape index (κ1) is 14.9. The number of anilines is 1. The molecule has 1 N–H and O–H groups in total. The van der Waals surface area contributed by atoms with Gasteiger partial charge in [-0.25, -0.2) is 4.98 Å². The van der Waals surface area contributed by atoms with Crippen molar-refractivity contribution in [2.75, 3.05) is 11.9 Å². The molecule has 3 heterocycles. The van der Waals surface area contributed by atoms with Crippen LogP contribution in [0, 0.1) is 0 Å². The van der Waals surface area contributed by atoms with E-state index in [-0.39, 0.29) is 17.6 Å². The third-order valence-electron chi connectivity index (χ3n) is 4.12. The van der Waals surface area contributed by atoms with Crippen molar-refractivity contribution in [1.29, 1.82) is 0 Å². The molecule has 6 nitrogen and oxygen atoms in total. The topological polar surface area (TPSA) is 75.4 Å². The minimum Gasteiger partial charge on any atom is -0.451 e. The summed E-state index contributed by atoms with van der Waals surface area (Å²) in [6, 6.07) is 8.71. The molecule has 1 atom stereocenters. The minimum absolute atomic E-state index is 0.202. The van der Waals surface area contributed by atoms with Gasteiger partial charge in [-0.05, 0) is 25.0 Å². The number of thiazole rings is 1. The molecule has 7 heteroatoms. The Morgan fingerprint density at radius 1 is 1.33 bits per heavy atom. The number of nitrogens with zero attached hydrogens (tertiary/aromatic N) is 2. The second-order valence-corrected chi connectivity index (χ2v) is 6.53. The molecule has 1 saturated heterocycles. The van der Waals surface area contributed by atoms with Crippen molar-refractivity contribution < 1.29 is 14.0 Å². The van der Waals surface area contributed by atoms with Gasteiger partial charge in [0.05, 0.1) is 0 Å². The van der Waals surface area contributed by atoms with Gasteiger partial charge in [-0.2, -0.15) is 0 Å². The Labute approximate surface area is 142 Å². The van der Waals surface area contributed by atoms with Crippen molar-refractivity contribution in [3.05, 3.63) is 47.7 Å². The molecule has 1 fully saturated rings. The number of carbonyl (C=O) groups excluding carboxylic acids is 2. The lowest BCUT2D eigenvalue weighted by molar-refractivity contribution is -0.119. The molecular formula is C17H15N3O3S. The van der Waals surface area contributed by atoms with E-state index in [1.165, 1.54) is 11.3 Å². The number of nitrogens with one attached hydrogen (secondary N) is 1. The minimum atomic E-state index is -0.491. The molecule has 0 saturated carbocycles. The highest BCUT2D eigenvalue weighted by molar-refractivity contribution is 7.13. The Kier molecular flexibility index (Phi) is 3.78. The largest absolute Gasteiger partial charge is 0.451 e. The van der Waals surface area contributed by atoms with Gasteiger partial charge >= 0.3 is 0 Å². The zero-order valence-corrected chi connectivity index (χ0v) is 13.6. The van der Waals surface area contributed by atoms with Gasteiger partial charge in [0, 0.05) is 23.5 Å². The fraction of sp³-hybridized carbons (Fsp3) is 0.235. The monoisotopic (exact) mass is 341 g/mol. The summed E-state index contributed by atoms with van der Waals surface area (Å²) in [5.74, 6) is -0.181. The third kappa shape index (κ3) is 2.67. The second-order valence-electron chi connectivity index (χ2n) is 5.63. The number of benzene rings is 1. The number of rotatable bonds is 3.